The van der Waals surface area contributed by atoms with E-state index in [1.165, 1.54) is 25.0 Å². The van der Waals surface area contributed by atoms with E-state index in [2.05, 4.69) is 150 Å². The molecule has 6 N–H and O–H groups in total. The highest BCUT2D eigenvalue weighted by molar-refractivity contribution is 7.99. The first-order chi connectivity index (χ1) is 41.4. The summed E-state index contributed by atoms with van der Waals surface area (Å²) in [6.07, 6.45) is 17.8. The molecule has 0 aliphatic carbocycles. The molecule has 7 fully saturated rings. The Morgan fingerprint density at radius 2 is 0.898 bits per heavy atom. The molecule has 0 bridgehead atoms. The summed E-state index contributed by atoms with van der Waals surface area (Å²) in [6, 6.07) is 0.453. The highest BCUT2D eigenvalue weighted by Gasteiger charge is 2.38. The number of carbonyl (C=O) groups excluding carboxylic acids is 6. The Hall–Kier alpha value is -3.07. The number of rotatable bonds is 12. The summed E-state index contributed by atoms with van der Waals surface area (Å²) in [7, 11) is 13.2. The fraction of sp³-hybridized carbons (Fsp3) is 0.913. The van der Waals surface area contributed by atoms with Gasteiger partial charge in [0, 0.05) is 81.8 Å². The number of hydrogen-bond acceptors (Lipinski definition) is 13. The van der Waals surface area contributed by atoms with Crippen LogP contribution in [0.4, 0.5) is 0 Å². The first kappa shape index (κ1) is 81.0. The number of hydrogen-bond donors (Lipinski definition) is 6. The zero-order valence-corrected chi connectivity index (χ0v) is 61.1. The van der Waals surface area contributed by atoms with Crippen LogP contribution in [0.3, 0.4) is 0 Å². The largest absolute Gasteiger partial charge is 0.344 e. The minimum absolute atomic E-state index is 0.00160. The van der Waals surface area contributed by atoms with Crippen molar-refractivity contribution < 1.29 is 28.8 Å². The topological polar surface area (TPSA) is 194 Å². The van der Waals surface area contributed by atoms with Gasteiger partial charge in [0.05, 0.1) is 36.3 Å². The van der Waals surface area contributed by atoms with Crippen LogP contribution in [0.1, 0.15) is 207 Å². The average molecular weight is 1260 g/mol. The standard InChI is InChI=1S/C14H26N2OS.C13H26N2O.C12H24N2O.C11H22N2O.C10H20N2O.C9H18N2O/c1-11-6-5-8-16(14(17)13(11)15-2)10-12-7-3-4-9-18-12;1-6-13(3,4)15-8-7-10(2)9-11(14-5)12(15)16;1-9-6-7-14(12(2,3)4)11(15)10(8-9)13-5;1-8(2)13-6-5-9(3)7-10(12-4)11(13)14;1-4-12-6-5-8(2)7-9(11-3)10(12)13;1-7-4-5-11(3)9(12)8(6-7)10-2/h11-13,15H,3-10H2,1-2H3;10-11,14H,6-9H2,1-5H3;9-10,13H,6-8H2,1-5H3;8-10,12H,5-7H2,1-4H3;8-9,11H,4-7H2,1-3H3;7-8,10H,4-6H2,1-3H3. The summed E-state index contributed by atoms with van der Waals surface area (Å²) in [5, 5.41) is 19.5. The average Bonchev–Trinajstić information content (AvgIpc) is 3.76. The Morgan fingerprint density at radius 3 is 1.33 bits per heavy atom. The van der Waals surface area contributed by atoms with E-state index >= 15 is 0 Å². The highest BCUT2D eigenvalue weighted by Crippen LogP contribution is 2.30. The van der Waals surface area contributed by atoms with Crippen molar-refractivity contribution in [3.05, 3.63) is 0 Å². The fourth-order valence-corrected chi connectivity index (χ4v) is 14.5. The number of nitrogens with zero attached hydrogens (tertiary/aromatic N) is 6. The second kappa shape index (κ2) is 40.8. The van der Waals surface area contributed by atoms with Crippen LogP contribution >= 0.6 is 11.8 Å². The lowest BCUT2D eigenvalue weighted by atomic mass is 9.98. The summed E-state index contributed by atoms with van der Waals surface area (Å²) in [6.45, 7) is 39.6. The van der Waals surface area contributed by atoms with Crippen molar-refractivity contribution in [3.8, 4) is 0 Å². The Balaban J connectivity index is 0.000000362. The molecule has 7 saturated heterocycles. The lowest BCUT2D eigenvalue weighted by Crippen LogP contribution is -2.53. The molecule has 13 unspecified atom stereocenters. The molecule has 6 amide bonds. The van der Waals surface area contributed by atoms with Gasteiger partial charge in [0.25, 0.3) is 0 Å². The maximum atomic E-state index is 12.5. The van der Waals surface area contributed by atoms with E-state index in [9.17, 15) is 28.8 Å². The zero-order chi connectivity index (χ0) is 66.6. The van der Waals surface area contributed by atoms with Gasteiger partial charge < -0.3 is 61.3 Å². The minimum Gasteiger partial charge on any atom is -0.344 e. The van der Waals surface area contributed by atoms with E-state index in [0.717, 1.165) is 136 Å². The van der Waals surface area contributed by atoms with Gasteiger partial charge in [0.1, 0.15) is 0 Å². The maximum Gasteiger partial charge on any atom is 0.240 e. The first-order valence-electron chi connectivity index (χ1n) is 34.8. The van der Waals surface area contributed by atoms with Gasteiger partial charge in [-0.2, -0.15) is 11.8 Å². The van der Waals surface area contributed by atoms with E-state index in [-0.39, 0.29) is 76.9 Å². The van der Waals surface area contributed by atoms with Crippen LogP contribution in [0.15, 0.2) is 0 Å². The third-order valence-corrected chi connectivity index (χ3v) is 21.4. The SMILES string of the molecule is CCC(C)(C)N1CCC(C)CC(NC)C1=O.CCN1CCC(C)CC(NC)C1=O.CNC1C(=O)N(CC2CCCCS2)CCCC1C.CNC1CC(C)CCN(C(C)(C)C)C1=O.CNC1CC(C)CCN(C(C)C)C1=O.CNC1CC(C)CCN(C)C1=O. The lowest BCUT2D eigenvalue weighted by molar-refractivity contribution is -0.138. The Bertz CT molecular complexity index is 2040. The monoisotopic (exact) mass is 1260 g/mol. The third kappa shape index (κ3) is 26.5. The predicted octanol–water partition coefficient (Wildman–Crippen LogP) is 8.33. The lowest BCUT2D eigenvalue weighted by Gasteiger charge is -2.38. The van der Waals surface area contributed by atoms with Crippen molar-refractivity contribution in [3.63, 3.8) is 0 Å². The molecule has 18 nitrogen and oxygen atoms in total. The van der Waals surface area contributed by atoms with Crippen LogP contribution in [-0.4, -0.2) is 231 Å². The molecule has 7 rings (SSSR count). The van der Waals surface area contributed by atoms with Gasteiger partial charge in [-0.3, -0.25) is 28.8 Å². The van der Waals surface area contributed by atoms with Crippen molar-refractivity contribution in [2.75, 3.05) is 107 Å². The molecule has 514 valence electrons. The second-order valence-electron chi connectivity index (χ2n) is 29.1. The number of amides is 6. The number of nitrogens with one attached hydrogen (secondary N) is 6. The van der Waals surface area contributed by atoms with Gasteiger partial charge in [-0.15, -0.1) is 0 Å². The van der Waals surface area contributed by atoms with Crippen molar-refractivity contribution in [1.29, 1.82) is 0 Å². The van der Waals surface area contributed by atoms with E-state index in [1.807, 2.05) is 75.9 Å². The minimum atomic E-state index is -0.0593. The zero-order valence-electron chi connectivity index (χ0n) is 60.3. The van der Waals surface area contributed by atoms with Gasteiger partial charge in [-0.1, -0.05) is 54.9 Å². The molecule has 0 aromatic heterocycles. The predicted molar refractivity (Wildman–Crippen MR) is 368 cm³/mol. The molecular weight excluding hydrogens is 1120 g/mol. The van der Waals surface area contributed by atoms with Crippen LogP contribution in [0.5, 0.6) is 0 Å². The van der Waals surface area contributed by atoms with Crippen LogP contribution in [0, 0.1) is 35.5 Å². The Morgan fingerprint density at radius 1 is 0.466 bits per heavy atom. The van der Waals surface area contributed by atoms with Crippen LogP contribution < -0.4 is 31.9 Å². The number of thioether (sulfide) groups is 1. The summed E-state index contributed by atoms with van der Waals surface area (Å²) >= 11 is 2.06. The van der Waals surface area contributed by atoms with Gasteiger partial charge in [0.15, 0.2) is 0 Å². The van der Waals surface area contributed by atoms with E-state index in [4.69, 9.17) is 0 Å². The highest BCUT2D eigenvalue weighted by atomic mass is 32.2. The third-order valence-electron chi connectivity index (χ3n) is 20.0. The molecule has 0 aromatic rings. The second-order valence-corrected chi connectivity index (χ2v) is 30.5. The van der Waals surface area contributed by atoms with Crippen LogP contribution in [0.2, 0.25) is 0 Å². The number of likely N-dealkylation sites (N-methyl/N-ethyl adjacent to an activating group) is 8. The normalized spacial score (nSPS) is 30.6. The van der Waals surface area contributed by atoms with Gasteiger partial charge in [-0.25, -0.2) is 0 Å². The Labute approximate surface area is 542 Å². The van der Waals surface area contributed by atoms with Crippen LogP contribution in [-0.2, 0) is 28.8 Å². The van der Waals surface area contributed by atoms with Crippen molar-refractivity contribution in [2.45, 2.75) is 265 Å². The summed E-state index contributed by atoms with van der Waals surface area (Å²) in [5.41, 5.74) is -0.0769. The number of carbonyl (C=O) groups is 6. The van der Waals surface area contributed by atoms with Gasteiger partial charge in [0.2, 0.25) is 35.4 Å². The van der Waals surface area contributed by atoms with E-state index < -0.39 is 0 Å². The molecule has 13 atom stereocenters. The molecule has 0 aromatic carbocycles. The molecule has 7 aliphatic heterocycles. The molecule has 0 saturated carbocycles. The molecular formula is C69H136N12O6S. The van der Waals surface area contributed by atoms with Gasteiger partial charge in [-0.05, 0) is 235 Å². The molecule has 7 heterocycles. The van der Waals surface area contributed by atoms with Crippen molar-refractivity contribution >= 4 is 47.2 Å². The van der Waals surface area contributed by atoms with Crippen molar-refractivity contribution in [2.24, 2.45) is 35.5 Å². The van der Waals surface area contributed by atoms with Gasteiger partial charge >= 0.3 is 0 Å². The molecule has 19 heteroatoms. The van der Waals surface area contributed by atoms with Crippen molar-refractivity contribution in [1.82, 2.24) is 61.3 Å². The summed E-state index contributed by atoms with van der Waals surface area (Å²) < 4.78 is 0. The van der Waals surface area contributed by atoms with E-state index in [0.29, 0.717) is 52.7 Å². The maximum absolute atomic E-state index is 12.5. The van der Waals surface area contributed by atoms with Crippen LogP contribution in [0.25, 0.3) is 0 Å². The summed E-state index contributed by atoms with van der Waals surface area (Å²) in [4.78, 5) is 84.5. The Kier molecular flexibility index (Phi) is 37.6. The molecule has 0 radical (unpaired) electrons. The quantitative estimate of drug-likeness (QED) is 0.109. The molecule has 7 aliphatic rings. The smallest absolute Gasteiger partial charge is 0.240 e. The summed E-state index contributed by atoms with van der Waals surface area (Å²) in [5.74, 6) is 6.57. The van der Waals surface area contributed by atoms with E-state index in [1.54, 1.807) is 0 Å². The number of likely N-dealkylation sites (tertiary alicyclic amines) is 6. The first-order valence-corrected chi connectivity index (χ1v) is 35.9. The molecule has 88 heavy (non-hydrogen) atoms. The molecule has 0 spiro atoms. The fourth-order valence-electron chi connectivity index (χ4n) is 13.2.